The Kier molecular flexibility index (Phi) is 7.99. The van der Waals surface area contributed by atoms with E-state index in [4.69, 9.17) is 4.74 Å². The number of nitrogens with zero attached hydrogens (tertiary/aromatic N) is 1. The van der Waals surface area contributed by atoms with Gasteiger partial charge in [0.1, 0.15) is 12.3 Å². The lowest BCUT2D eigenvalue weighted by Gasteiger charge is -2.25. The molecule has 1 N–H and O–H groups in total. The van der Waals surface area contributed by atoms with E-state index in [9.17, 15) is 13.2 Å². The maximum atomic E-state index is 13.6. The first kappa shape index (κ1) is 25.3. The van der Waals surface area contributed by atoms with Crippen LogP contribution in [0.2, 0.25) is 0 Å². The van der Waals surface area contributed by atoms with Crippen LogP contribution in [0.4, 0.5) is 5.69 Å². The fourth-order valence-corrected chi connectivity index (χ4v) is 5.17. The number of benzene rings is 3. The number of sulfonamides is 1. The van der Waals surface area contributed by atoms with Crippen molar-refractivity contribution >= 4 is 21.6 Å². The molecule has 0 bridgehead atoms. The lowest BCUT2D eigenvalue weighted by molar-refractivity contribution is -0.120. The lowest BCUT2D eigenvalue weighted by Crippen LogP contribution is -2.41. The first-order chi connectivity index (χ1) is 16.1. The fraction of sp³-hybridized carbons (Fsp3) is 0.296. The van der Waals surface area contributed by atoms with E-state index < -0.39 is 10.0 Å². The summed E-state index contributed by atoms with van der Waals surface area (Å²) >= 11 is 0. The van der Waals surface area contributed by atoms with E-state index in [2.05, 4.69) is 5.32 Å². The van der Waals surface area contributed by atoms with Gasteiger partial charge in [0, 0.05) is 0 Å². The number of ether oxygens (including phenoxy) is 1. The Hall–Kier alpha value is -3.32. The minimum atomic E-state index is -3.99. The molecule has 0 fully saturated rings. The van der Waals surface area contributed by atoms with Crippen molar-refractivity contribution in [2.75, 3.05) is 17.5 Å². The molecule has 0 heterocycles. The van der Waals surface area contributed by atoms with Crippen LogP contribution in [0.15, 0.2) is 71.6 Å². The van der Waals surface area contributed by atoms with Crippen LogP contribution in [-0.4, -0.2) is 27.5 Å². The molecule has 0 aliphatic heterocycles. The van der Waals surface area contributed by atoms with Crippen LogP contribution >= 0.6 is 0 Å². The molecule has 6 nitrogen and oxygen atoms in total. The van der Waals surface area contributed by atoms with Gasteiger partial charge in [0.15, 0.2) is 0 Å². The van der Waals surface area contributed by atoms with E-state index in [0.29, 0.717) is 18.0 Å². The van der Waals surface area contributed by atoms with Gasteiger partial charge in [-0.25, -0.2) is 8.42 Å². The third-order valence-electron chi connectivity index (χ3n) is 5.61. The number of nitrogens with one attached hydrogen (secondary N) is 1. The van der Waals surface area contributed by atoms with E-state index in [-0.39, 0.29) is 23.4 Å². The largest absolute Gasteiger partial charge is 0.494 e. The Morgan fingerprint density at radius 2 is 1.56 bits per heavy atom. The quantitative estimate of drug-likeness (QED) is 0.463. The van der Waals surface area contributed by atoms with Crippen LogP contribution < -0.4 is 14.4 Å². The molecular formula is C27H32N2O4S. The van der Waals surface area contributed by atoms with Crippen molar-refractivity contribution in [3.05, 3.63) is 89.0 Å². The Labute approximate surface area is 202 Å². The highest BCUT2D eigenvalue weighted by Crippen LogP contribution is 2.26. The van der Waals surface area contributed by atoms with Crippen LogP contribution in [0.5, 0.6) is 5.75 Å². The summed E-state index contributed by atoms with van der Waals surface area (Å²) in [5.41, 5.74) is 4.59. The summed E-state index contributed by atoms with van der Waals surface area (Å²) in [7, 11) is -3.99. The molecule has 3 aromatic rings. The first-order valence-corrected chi connectivity index (χ1v) is 12.7. The molecule has 0 aliphatic rings. The Balaban J connectivity index is 1.89. The van der Waals surface area contributed by atoms with Crippen molar-refractivity contribution in [1.29, 1.82) is 0 Å². The highest BCUT2D eigenvalue weighted by atomic mass is 32.2. The number of carbonyl (C=O) groups is 1. The summed E-state index contributed by atoms with van der Waals surface area (Å²) in [6.07, 6.45) is 0. The van der Waals surface area contributed by atoms with E-state index in [1.54, 1.807) is 24.3 Å². The van der Waals surface area contributed by atoms with Crippen LogP contribution in [0.1, 0.15) is 42.1 Å². The maximum absolute atomic E-state index is 13.6. The third-order valence-corrected chi connectivity index (χ3v) is 7.40. The number of rotatable bonds is 9. The molecule has 1 amide bonds. The van der Waals surface area contributed by atoms with Gasteiger partial charge in [-0.2, -0.15) is 0 Å². The topological polar surface area (TPSA) is 75.7 Å². The van der Waals surface area contributed by atoms with Gasteiger partial charge >= 0.3 is 0 Å². The summed E-state index contributed by atoms with van der Waals surface area (Å²) in [5, 5.41) is 2.96. The molecule has 0 aliphatic carbocycles. The highest BCUT2D eigenvalue weighted by molar-refractivity contribution is 7.92. The predicted molar refractivity (Wildman–Crippen MR) is 136 cm³/mol. The molecule has 180 valence electrons. The molecule has 7 heteroatoms. The first-order valence-electron chi connectivity index (χ1n) is 11.3. The standard InChI is InChI=1S/C27H32N2O4S/c1-6-33-24-13-15-25(16-14-24)34(31,32)29(23-11-8-19(2)9-12-23)18-27(30)28-22(5)26-17-20(3)7-10-21(26)4/h7-17,22H,6,18H2,1-5H3,(H,28,30). The lowest BCUT2D eigenvalue weighted by atomic mass is 10.00. The van der Waals surface area contributed by atoms with Crippen molar-refractivity contribution in [1.82, 2.24) is 5.32 Å². The van der Waals surface area contributed by atoms with Gasteiger partial charge in [0.2, 0.25) is 5.91 Å². The summed E-state index contributed by atoms with van der Waals surface area (Å²) < 4.78 is 33.7. The van der Waals surface area contributed by atoms with Crippen LogP contribution in [-0.2, 0) is 14.8 Å². The smallest absolute Gasteiger partial charge is 0.264 e. The summed E-state index contributed by atoms with van der Waals surface area (Å²) in [4.78, 5) is 13.1. The van der Waals surface area contributed by atoms with Crippen molar-refractivity contribution in [2.24, 2.45) is 0 Å². The van der Waals surface area contributed by atoms with E-state index in [1.807, 2.05) is 65.0 Å². The van der Waals surface area contributed by atoms with Crippen LogP contribution in [0, 0.1) is 20.8 Å². The summed E-state index contributed by atoms with van der Waals surface area (Å²) in [6, 6.07) is 19.1. The Morgan fingerprint density at radius 1 is 0.941 bits per heavy atom. The summed E-state index contributed by atoms with van der Waals surface area (Å²) in [6.45, 7) is 9.83. The van der Waals surface area contributed by atoms with Crippen LogP contribution in [0.3, 0.4) is 0 Å². The zero-order valence-corrected chi connectivity index (χ0v) is 21.1. The number of hydrogen-bond acceptors (Lipinski definition) is 4. The minimum absolute atomic E-state index is 0.0897. The maximum Gasteiger partial charge on any atom is 0.264 e. The van der Waals surface area contributed by atoms with Crippen molar-refractivity contribution in [3.63, 3.8) is 0 Å². The van der Waals surface area contributed by atoms with Gasteiger partial charge in [-0.1, -0.05) is 41.5 Å². The SMILES string of the molecule is CCOc1ccc(S(=O)(=O)N(CC(=O)NC(C)c2cc(C)ccc2C)c2ccc(C)cc2)cc1. The van der Waals surface area contributed by atoms with Crippen molar-refractivity contribution < 1.29 is 17.9 Å². The molecule has 3 aromatic carbocycles. The number of aryl methyl sites for hydroxylation is 3. The van der Waals surface area contributed by atoms with Gasteiger partial charge in [0.25, 0.3) is 10.0 Å². The molecule has 0 saturated heterocycles. The average molecular weight is 481 g/mol. The van der Waals surface area contributed by atoms with Crippen LogP contribution in [0.25, 0.3) is 0 Å². The van der Waals surface area contributed by atoms with E-state index in [0.717, 1.165) is 26.6 Å². The molecular weight excluding hydrogens is 448 g/mol. The second-order valence-electron chi connectivity index (χ2n) is 8.40. The average Bonchev–Trinajstić information content (AvgIpc) is 2.80. The highest BCUT2D eigenvalue weighted by Gasteiger charge is 2.28. The monoisotopic (exact) mass is 480 g/mol. The van der Waals surface area contributed by atoms with E-state index in [1.165, 1.54) is 12.1 Å². The van der Waals surface area contributed by atoms with Crippen molar-refractivity contribution in [2.45, 2.75) is 45.6 Å². The third kappa shape index (κ3) is 5.97. The zero-order chi connectivity index (χ0) is 24.9. The Morgan fingerprint density at radius 3 is 2.18 bits per heavy atom. The summed E-state index contributed by atoms with van der Waals surface area (Å²) in [5.74, 6) is 0.201. The molecule has 0 aromatic heterocycles. The second-order valence-corrected chi connectivity index (χ2v) is 10.3. The predicted octanol–water partition coefficient (Wildman–Crippen LogP) is 5.08. The van der Waals surface area contributed by atoms with Gasteiger partial charge in [-0.05, 0) is 82.1 Å². The Bertz CT molecular complexity index is 1240. The van der Waals surface area contributed by atoms with Gasteiger partial charge in [-0.15, -0.1) is 0 Å². The number of amides is 1. The molecule has 0 saturated carbocycles. The molecule has 1 unspecified atom stereocenters. The minimum Gasteiger partial charge on any atom is -0.494 e. The molecule has 0 spiro atoms. The number of carbonyl (C=O) groups excluding carboxylic acids is 1. The number of hydrogen-bond donors (Lipinski definition) is 1. The molecule has 1 atom stereocenters. The molecule has 34 heavy (non-hydrogen) atoms. The van der Waals surface area contributed by atoms with E-state index >= 15 is 0 Å². The van der Waals surface area contributed by atoms with Gasteiger partial charge < -0.3 is 10.1 Å². The van der Waals surface area contributed by atoms with Gasteiger partial charge in [-0.3, -0.25) is 9.10 Å². The fourth-order valence-electron chi connectivity index (χ4n) is 3.75. The molecule has 0 radical (unpaired) electrons. The second kappa shape index (κ2) is 10.7. The normalized spacial score (nSPS) is 12.1. The van der Waals surface area contributed by atoms with Crippen molar-refractivity contribution in [3.8, 4) is 5.75 Å². The van der Waals surface area contributed by atoms with Gasteiger partial charge in [0.05, 0.1) is 23.2 Å². The molecule has 3 rings (SSSR count). The number of anilines is 1. The zero-order valence-electron chi connectivity index (χ0n) is 20.3.